The lowest BCUT2D eigenvalue weighted by atomic mass is 10.2. The molecule has 180 valence electrons. The number of halogens is 1. The number of rotatable bonds is 9. The van der Waals surface area contributed by atoms with Crippen LogP contribution < -0.4 is 10.2 Å². The molecule has 0 unspecified atom stereocenters. The van der Waals surface area contributed by atoms with E-state index in [2.05, 4.69) is 5.32 Å². The highest BCUT2D eigenvalue weighted by molar-refractivity contribution is 7.99. The number of nitrogens with one attached hydrogen (secondary N) is 2. The number of benzene rings is 3. The van der Waals surface area contributed by atoms with E-state index in [0.717, 1.165) is 21.0 Å². The Morgan fingerprint density at radius 1 is 1.09 bits per heavy atom. The summed E-state index contributed by atoms with van der Waals surface area (Å²) in [5.41, 5.74) is 2.46. The summed E-state index contributed by atoms with van der Waals surface area (Å²) in [6.45, 7) is 1.93. The van der Waals surface area contributed by atoms with Gasteiger partial charge in [0.1, 0.15) is 0 Å². The van der Waals surface area contributed by atoms with Crippen LogP contribution >= 0.6 is 35.1 Å². The van der Waals surface area contributed by atoms with Gasteiger partial charge in [-0.2, -0.15) is 8.42 Å². The van der Waals surface area contributed by atoms with E-state index in [9.17, 15) is 8.42 Å². The minimum Gasteiger partial charge on any atom is -0.325 e. The monoisotopic (exact) mass is 535 g/mol. The van der Waals surface area contributed by atoms with Gasteiger partial charge in [-0.15, -0.1) is 23.5 Å². The third-order valence-corrected chi connectivity index (χ3v) is 8.21. The zero-order valence-corrected chi connectivity index (χ0v) is 22.2. The van der Waals surface area contributed by atoms with Crippen molar-refractivity contribution in [2.24, 2.45) is 0 Å². The highest BCUT2D eigenvalue weighted by Crippen LogP contribution is 2.29. The van der Waals surface area contributed by atoms with E-state index in [1.165, 1.54) is 23.9 Å². The van der Waals surface area contributed by atoms with Crippen molar-refractivity contribution in [2.75, 3.05) is 35.9 Å². The summed E-state index contributed by atoms with van der Waals surface area (Å²) < 4.78 is 29.8. The van der Waals surface area contributed by atoms with Gasteiger partial charge in [0, 0.05) is 28.3 Å². The molecule has 3 aromatic carbocycles. The quantitative estimate of drug-likeness (QED) is 0.109. The molecule has 0 saturated heterocycles. The largest absolute Gasteiger partial charge is 0.325 e. The summed E-state index contributed by atoms with van der Waals surface area (Å²) in [7, 11) is -1.97. The van der Waals surface area contributed by atoms with E-state index in [0.29, 0.717) is 16.5 Å². The molecule has 0 fully saturated rings. The third-order valence-electron chi connectivity index (χ3n) is 4.87. The van der Waals surface area contributed by atoms with Crippen molar-refractivity contribution < 1.29 is 12.6 Å². The van der Waals surface area contributed by atoms with Gasteiger partial charge in [-0.25, -0.2) is 0 Å². The van der Waals surface area contributed by atoms with Gasteiger partial charge >= 0.3 is 0 Å². The van der Waals surface area contributed by atoms with Crippen LogP contribution in [0, 0.1) is 12.3 Å². The first-order valence-electron chi connectivity index (χ1n) is 10.3. The molecule has 0 aliphatic carbocycles. The Labute approximate surface area is 214 Å². The van der Waals surface area contributed by atoms with Gasteiger partial charge in [-0.1, -0.05) is 35.4 Å². The van der Waals surface area contributed by atoms with Gasteiger partial charge in [0.05, 0.1) is 22.2 Å². The van der Waals surface area contributed by atoms with Crippen molar-refractivity contribution in [3.8, 4) is 0 Å². The summed E-state index contributed by atoms with van der Waals surface area (Å²) in [4.78, 5) is 3.87. The van der Waals surface area contributed by atoms with Gasteiger partial charge < -0.3 is 10.2 Å². The number of hydrogen-bond donors (Lipinski definition) is 2. The highest BCUT2D eigenvalue weighted by atomic mass is 35.5. The molecular weight excluding hydrogens is 510 g/mol. The first-order valence-corrected chi connectivity index (χ1v) is 14.3. The molecule has 0 atom stereocenters. The molecule has 0 bridgehead atoms. The predicted octanol–water partition coefficient (Wildman–Crippen LogP) is 6.35. The highest BCUT2D eigenvalue weighted by Gasteiger charge is 2.15. The average Bonchev–Trinajstić information content (AvgIpc) is 2.83. The lowest BCUT2D eigenvalue weighted by molar-refractivity contribution is 0.341. The van der Waals surface area contributed by atoms with E-state index in [4.69, 9.17) is 21.2 Å². The molecular formula is C24H26ClN3O3S3. The number of nitrogens with zero attached hydrogens (tertiary/aromatic N) is 1. The Kier molecular flexibility index (Phi) is 9.32. The maximum Gasteiger partial charge on any atom is 0.296 e. The van der Waals surface area contributed by atoms with Gasteiger partial charge in [0.2, 0.25) is 0 Å². The van der Waals surface area contributed by atoms with Gasteiger partial charge in [0.15, 0.2) is 5.96 Å². The first kappa shape index (κ1) is 26.4. The predicted molar refractivity (Wildman–Crippen MR) is 144 cm³/mol. The lowest BCUT2D eigenvalue weighted by Gasteiger charge is -2.22. The topological polar surface area (TPSA) is 82.5 Å². The Bertz CT molecular complexity index is 1250. The summed E-state index contributed by atoms with van der Waals surface area (Å²) in [5.74, 6) is 0.611. The third kappa shape index (κ3) is 7.16. The number of thioether (sulfide) groups is 2. The molecule has 6 nitrogen and oxygen atoms in total. The van der Waals surface area contributed by atoms with E-state index in [1.54, 1.807) is 34.9 Å². The molecule has 3 rings (SSSR count). The molecule has 0 aliphatic rings. The number of hydrogen-bond acceptors (Lipinski definition) is 6. The maximum atomic E-state index is 12.3. The van der Waals surface area contributed by atoms with Crippen molar-refractivity contribution >= 4 is 62.6 Å². The van der Waals surface area contributed by atoms with Crippen LogP contribution in [0.15, 0.2) is 81.4 Å². The summed E-state index contributed by atoms with van der Waals surface area (Å²) in [6.07, 6.45) is 2.01. The standard InChI is InChI=1S/C24H26ClN3O3S3/c1-17-7-10-21(11-8-17)34(29,30)31-13-14-33-20-9-12-22(25)23(16-20)27-24(26)28(2)18-5-4-6-19(15-18)32-3/h4-12,15-16H,13-14H2,1-3H3,(H2,26,27). The average molecular weight is 536 g/mol. The molecule has 0 aliphatic heterocycles. The van der Waals surface area contributed by atoms with Crippen molar-refractivity contribution in [1.82, 2.24) is 0 Å². The molecule has 2 N–H and O–H groups in total. The maximum absolute atomic E-state index is 12.3. The molecule has 0 saturated carbocycles. The van der Waals surface area contributed by atoms with Crippen molar-refractivity contribution in [3.63, 3.8) is 0 Å². The van der Waals surface area contributed by atoms with Crippen LogP contribution in [0.1, 0.15) is 5.56 Å². The normalized spacial score (nSPS) is 11.3. The lowest BCUT2D eigenvalue weighted by Crippen LogP contribution is -2.32. The van der Waals surface area contributed by atoms with Crippen molar-refractivity contribution in [3.05, 3.63) is 77.3 Å². The minimum absolute atomic E-state index is 0.0383. The van der Waals surface area contributed by atoms with E-state index >= 15 is 0 Å². The molecule has 0 radical (unpaired) electrons. The van der Waals surface area contributed by atoms with Gasteiger partial charge in [0.25, 0.3) is 10.1 Å². The second-order valence-corrected chi connectivity index (χ2v) is 11.4. The Morgan fingerprint density at radius 3 is 2.53 bits per heavy atom. The molecule has 0 heterocycles. The molecule has 34 heavy (non-hydrogen) atoms. The fourth-order valence-electron chi connectivity index (χ4n) is 2.93. The second kappa shape index (κ2) is 12.0. The van der Waals surface area contributed by atoms with E-state index < -0.39 is 10.1 Å². The Morgan fingerprint density at radius 2 is 1.82 bits per heavy atom. The fourth-order valence-corrected chi connectivity index (χ4v) is 5.33. The Balaban J connectivity index is 1.58. The minimum atomic E-state index is -3.79. The fraction of sp³-hybridized carbons (Fsp3) is 0.208. The first-order chi connectivity index (χ1) is 16.2. The summed E-state index contributed by atoms with van der Waals surface area (Å²) in [6, 6.07) is 19.9. The molecule has 0 aromatic heterocycles. The van der Waals surface area contributed by atoms with Crippen LogP contribution in [-0.4, -0.2) is 40.0 Å². The SMILES string of the molecule is CSc1cccc(N(C)C(=N)Nc2cc(SCCOS(=O)(=O)c3ccc(C)cc3)ccc2Cl)c1. The van der Waals surface area contributed by atoms with Crippen molar-refractivity contribution in [1.29, 1.82) is 5.41 Å². The molecule has 0 amide bonds. The van der Waals surface area contributed by atoms with Gasteiger partial charge in [-0.3, -0.25) is 9.59 Å². The zero-order valence-electron chi connectivity index (χ0n) is 19.0. The molecule has 0 spiro atoms. The van der Waals surface area contributed by atoms with Crippen LogP contribution in [0.4, 0.5) is 11.4 Å². The summed E-state index contributed by atoms with van der Waals surface area (Å²) >= 11 is 9.43. The Hall–Kier alpha value is -2.17. The van der Waals surface area contributed by atoms with E-state index in [-0.39, 0.29) is 17.5 Å². The smallest absolute Gasteiger partial charge is 0.296 e. The molecule has 10 heteroatoms. The number of aryl methyl sites for hydroxylation is 1. The van der Waals surface area contributed by atoms with Crippen LogP contribution in [0.25, 0.3) is 0 Å². The number of guanidine groups is 1. The number of anilines is 2. The van der Waals surface area contributed by atoms with E-state index in [1.807, 2.05) is 56.6 Å². The molecule has 3 aromatic rings. The van der Waals surface area contributed by atoms with Crippen LogP contribution in [-0.2, 0) is 14.3 Å². The van der Waals surface area contributed by atoms with Crippen LogP contribution in [0.3, 0.4) is 0 Å². The summed E-state index contributed by atoms with van der Waals surface area (Å²) in [5, 5.41) is 12.0. The zero-order chi connectivity index (χ0) is 24.7. The second-order valence-electron chi connectivity index (χ2n) is 7.31. The van der Waals surface area contributed by atoms with Crippen molar-refractivity contribution in [2.45, 2.75) is 21.6 Å². The van der Waals surface area contributed by atoms with Gasteiger partial charge in [-0.05, 0) is 61.7 Å². The van der Waals surface area contributed by atoms with Crippen LogP contribution in [0.5, 0.6) is 0 Å². The van der Waals surface area contributed by atoms with Crippen LogP contribution in [0.2, 0.25) is 5.02 Å².